The first kappa shape index (κ1) is 24.4. The summed E-state index contributed by atoms with van der Waals surface area (Å²) in [4.78, 5) is 14.7. The Morgan fingerprint density at radius 2 is 1.71 bits per heavy atom. The average molecular weight is 500 g/mol. The summed E-state index contributed by atoms with van der Waals surface area (Å²) in [6, 6.07) is 16.4. The maximum atomic E-state index is 13.1. The number of benzene rings is 2. The molecule has 3 aromatic rings. The molecule has 1 fully saturated rings. The lowest BCUT2D eigenvalue weighted by molar-refractivity contribution is -0.127. The van der Waals surface area contributed by atoms with E-state index in [9.17, 15) is 13.2 Å². The minimum atomic E-state index is -3.61. The van der Waals surface area contributed by atoms with Gasteiger partial charge in [-0.05, 0) is 37.1 Å². The molecule has 1 saturated heterocycles. The van der Waals surface area contributed by atoms with Crippen LogP contribution in [0.2, 0.25) is 0 Å². The molecule has 10 heteroatoms. The highest BCUT2D eigenvalue weighted by Gasteiger charge is 2.24. The van der Waals surface area contributed by atoms with E-state index in [1.165, 1.54) is 16.1 Å². The molecule has 1 aromatic heterocycles. The van der Waals surface area contributed by atoms with Crippen LogP contribution in [0.15, 0.2) is 64.6 Å². The number of likely N-dealkylation sites (tertiary alicyclic amines) is 1. The summed E-state index contributed by atoms with van der Waals surface area (Å²) in [5.41, 5.74) is 1.48. The summed E-state index contributed by atoms with van der Waals surface area (Å²) >= 11 is 1.35. The highest BCUT2D eigenvalue weighted by molar-refractivity contribution is 7.99. The molecule has 1 aliphatic heterocycles. The van der Waals surface area contributed by atoms with Crippen LogP contribution < -0.4 is 0 Å². The molecule has 0 aliphatic carbocycles. The third-order valence-electron chi connectivity index (χ3n) is 5.87. The molecule has 1 amide bonds. The fraction of sp³-hybridized carbons (Fsp3) is 0.375. The van der Waals surface area contributed by atoms with Gasteiger partial charge in [0.15, 0.2) is 11.0 Å². The van der Waals surface area contributed by atoms with Gasteiger partial charge in [-0.25, -0.2) is 8.42 Å². The fourth-order valence-corrected chi connectivity index (χ4v) is 6.41. The Morgan fingerprint density at radius 1 is 1.00 bits per heavy atom. The first-order valence-corrected chi connectivity index (χ1v) is 13.9. The minimum Gasteiger partial charge on any atom is -0.342 e. The van der Waals surface area contributed by atoms with E-state index in [1.807, 2.05) is 59.7 Å². The van der Waals surface area contributed by atoms with E-state index >= 15 is 0 Å². The quantitative estimate of drug-likeness (QED) is 0.418. The monoisotopic (exact) mass is 499 g/mol. The summed E-state index contributed by atoms with van der Waals surface area (Å²) in [5, 5.41) is 9.37. The standard InChI is InChI=1S/C24H29N5O3S2/c1-3-28(4-2)34(31,32)21-14-10-11-19(17-21)23-25-26-24(29(23)20-12-6-5-7-13-20)33-18-22(30)27-15-8-9-16-27/h5-7,10-14,17H,3-4,8-9,15-16,18H2,1-2H3. The van der Waals surface area contributed by atoms with Gasteiger partial charge in [-0.1, -0.05) is 55.9 Å². The maximum Gasteiger partial charge on any atom is 0.243 e. The Bertz CT molecular complexity index is 1230. The average Bonchev–Trinajstić information content (AvgIpc) is 3.54. The van der Waals surface area contributed by atoms with E-state index in [1.54, 1.807) is 18.2 Å². The second-order valence-electron chi connectivity index (χ2n) is 7.97. The summed E-state index contributed by atoms with van der Waals surface area (Å²) in [6.45, 7) is 6.06. The zero-order valence-electron chi connectivity index (χ0n) is 19.4. The molecular formula is C24H29N5O3S2. The molecule has 0 N–H and O–H groups in total. The molecule has 0 radical (unpaired) electrons. The van der Waals surface area contributed by atoms with Crippen LogP contribution in [-0.2, 0) is 14.8 Å². The minimum absolute atomic E-state index is 0.0963. The molecule has 4 rings (SSSR count). The number of carbonyl (C=O) groups excluding carboxylic acids is 1. The predicted molar refractivity (Wildman–Crippen MR) is 133 cm³/mol. The highest BCUT2D eigenvalue weighted by Crippen LogP contribution is 2.30. The Kier molecular flexibility index (Phi) is 7.70. The Hall–Kier alpha value is -2.69. The van der Waals surface area contributed by atoms with Crippen LogP contribution in [0.5, 0.6) is 0 Å². The number of carbonyl (C=O) groups is 1. The van der Waals surface area contributed by atoms with Gasteiger partial charge in [-0.15, -0.1) is 10.2 Å². The van der Waals surface area contributed by atoms with Crippen LogP contribution in [0.1, 0.15) is 26.7 Å². The van der Waals surface area contributed by atoms with Crippen molar-refractivity contribution in [1.82, 2.24) is 24.0 Å². The first-order chi connectivity index (χ1) is 16.5. The van der Waals surface area contributed by atoms with Gasteiger partial charge in [0.05, 0.1) is 10.6 Å². The molecule has 0 unspecified atom stereocenters. The van der Waals surface area contributed by atoms with E-state index in [4.69, 9.17) is 0 Å². The topological polar surface area (TPSA) is 88.4 Å². The van der Waals surface area contributed by atoms with Crippen molar-refractivity contribution in [3.8, 4) is 17.1 Å². The Labute approximate surface area is 205 Å². The summed E-state index contributed by atoms with van der Waals surface area (Å²) in [7, 11) is -3.61. The van der Waals surface area contributed by atoms with Crippen LogP contribution in [0.4, 0.5) is 0 Å². The summed E-state index contributed by atoms with van der Waals surface area (Å²) < 4.78 is 29.5. The first-order valence-electron chi connectivity index (χ1n) is 11.5. The number of aromatic nitrogens is 3. The Morgan fingerprint density at radius 3 is 2.38 bits per heavy atom. The maximum absolute atomic E-state index is 13.1. The molecule has 0 atom stereocenters. The second-order valence-corrected chi connectivity index (χ2v) is 10.9. The van der Waals surface area contributed by atoms with Gasteiger partial charge in [-0.3, -0.25) is 9.36 Å². The third-order valence-corrected chi connectivity index (χ3v) is 8.83. The van der Waals surface area contributed by atoms with Crippen molar-refractivity contribution < 1.29 is 13.2 Å². The second kappa shape index (κ2) is 10.7. The fourth-order valence-electron chi connectivity index (χ4n) is 4.05. The molecule has 8 nitrogen and oxygen atoms in total. The van der Waals surface area contributed by atoms with Gasteiger partial charge in [0.1, 0.15) is 0 Å². The SMILES string of the molecule is CCN(CC)S(=O)(=O)c1cccc(-c2nnc(SCC(=O)N3CCCC3)n2-c2ccccc2)c1. The molecule has 2 aromatic carbocycles. The molecule has 0 saturated carbocycles. The van der Waals surface area contributed by atoms with Gasteiger partial charge in [-0.2, -0.15) is 4.31 Å². The molecule has 2 heterocycles. The van der Waals surface area contributed by atoms with Crippen molar-refractivity contribution in [2.24, 2.45) is 0 Å². The molecule has 1 aliphatic rings. The number of rotatable bonds is 9. The predicted octanol–water partition coefficient (Wildman–Crippen LogP) is 3.68. The van der Waals surface area contributed by atoms with Crippen LogP contribution in [-0.4, -0.2) is 70.2 Å². The largest absolute Gasteiger partial charge is 0.342 e. The van der Waals surface area contributed by atoms with Crippen molar-refractivity contribution in [3.05, 3.63) is 54.6 Å². The number of sulfonamides is 1. The van der Waals surface area contributed by atoms with Crippen molar-refractivity contribution in [2.75, 3.05) is 31.9 Å². The van der Waals surface area contributed by atoms with Crippen molar-refractivity contribution in [3.63, 3.8) is 0 Å². The number of thioether (sulfide) groups is 1. The van der Waals surface area contributed by atoms with Gasteiger partial charge in [0.25, 0.3) is 0 Å². The Balaban J connectivity index is 1.71. The smallest absolute Gasteiger partial charge is 0.243 e. The van der Waals surface area contributed by atoms with Crippen LogP contribution in [0.3, 0.4) is 0 Å². The molecule has 0 spiro atoms. The number of para-hydroxylation sites is 1. The lowest BCUT2D eigenvalue weighted by atomic mass is 10.2. The van der Waals surface area contributed by atoms with Crippen molar-refractivity contribution in [1.29, 1.82) is 0 Å². The highest BCUT2D eigenvalue weighted by atomic mass is 32.2. The molecule has 180 valence electrons. The van der Waals surface area contributed by atoms with E-state index in [-0.39, 0.29) is 16.6 Å². The van der Waals surface area contributed by atoms with Crippen molar-refractivity contribution >= 4 is 27.7 Å². The lowest BCUT2D eigenvalue weighted by Gasteiger charge is -2.19. The number of amides is 1. The van der Waals surface area contributed by atoms with Gasteiger partial charge < -0.3 is 4.90 Å². The van der Waals surface area contributed by atoms with E-state index < -0.39 is 10.0 Å². The molecule has 34 heavy (non-hydrogen) atoms. The normalized spacial score (nSPS) is 14.1. The zero-order valence-corrected chi connectivity index (χ0v) is 21.1. The van der Waals surface area contributed by atoms with Crippen molar-refractivity contribution in [2.45, 2.75) is 36.7 Å². The van der Waals surface area contributed by atoms with Crippen LogP contribution in [0.25, 0.3) is 17.1 Å². The number of hydrogen-bond donors (Lipinski definition) is 0. The summed E-state index contributed by atoms with van der Waals surface area (Å²) in [5.74, 6) is 0.902. The van der Waals surface area contributed by atoms with Crippen LogP contribution in [0, 0.1) is 0 Å². The zero-order chi connectivity index (χ0) is 24.1. The lowest BCUT2D eigenvalue weighted by Crippen LogP contribution is -2.30. The molecular weight excluding hydrogens is 470 g/mol. The van der Waals surface area contributed by atoms with Gasteiger partial charge >= 0.3 is 0 Å². The summed E-state index contributed by atoms with van der Waals surface area (Å²) in [6.07, 6.45) is 2.10. The van der Waals surface area contributed by atoms with Crippen LogP contribution >= 0.6 is 11.8 Å². The number of nitrogens with zero attached hydrogens (tertiary/aromatic N) is 5. The van der Waals surface area contributed by atoms with Gasteiger partial charge in [0.2, 0.25) is 15.9 Å². The van der Waals surface area contributed by atoms with E-state index in [0.717, 1.165) is 31.6 Å². The van der Waals surface area contributed by atoms with E-state index in [2.05, 4.69) is 10.2 Å². The van der Waals surface area contributed by atoms with E-state index in [0.29, 0.717) is 29.6 Å². The molecule has 0 bridgehead atoms. The van der Waals surface area contributed by atoms with Gasteiger partial charge in [0, 0.05) is 37.4 Å². The number of hydrogen-bond acceptors (Lipinski definition) is 6. The third kappa shape index (κ3) is 5.03.